The van der Waals surface area contributed by atoms with Crippen molar-refractivity contribution in [3.63, 3.8) is 0 Å². The zero-order chi connectivity index (χ0) is 16.8. The van der Waals surface area contributed by atoms with Crippen LogP contribution in [0.3, 0.4) is 0 Å². The molecule has 0 aliphatic rings. The summed E-state index contributed by atoms with van der Waals surface area (Å²) in [6, 6.07) is 6.95. The molecule has 4 nitrogen and oxygen atoms in total. The van der Waals surface area contributed by atoms with E-state index in [1.54, 1.807) is 6.92 Å². The quantitative estimate of drug-likeness (QED) is 0.831. The number of aromatic hydroxyl groups is 2. The largest absolute Gasteiger partial charge is 0.507 e. The third kappa shape index (κ3) is 4.88. The van der Waals surface area contributed by atoms with Crippen molar-refractivity contribution in [2.24, 2.45) is 9.98 Å². The van der Waals surface area contributed by atoms with E-state index in [2.05, 4.69) is 9.98 Å². The van der Waals surface area contributed by atoms with E-state index in [-0.39, 0.29) is 28.7 Å². The maximum atomic E-state index is 13.1. The molecule has 1 unspecified atom stereocenters. The van der Waals surface area contributed by atoms with Gasteiger partial charge in [0.25, 0.3) is 0 Å². The molecule has 0 heterocycles. The van der Waals surface area contributed by atoms with Crippen molar-refractivity contribution in [1.82, 2.24) is 0 Å². The minimum Gasteiger partial charge on any atom is -0.507 e. The molecular formula is C17H16F2N2O2. The molecule has 23 heavy (non-hydrogen) atoms. The first kappa shape index (κ1) is 16.6. The van der Waals surface area contributed by atoms with Gasteiger partial charge in [-0.25, -0.2) is 8.78 Å². The number of nitrogens with zero attached hydrogens (tertiary/aromatic N) is 2. The van der Waals surface area contributed by atoms with Gasteiger partial charge in [0, 0.05) is 23.6 Å². The van der Waals surface area contributed by atoms with E-state index in [9.17, 15) is 19.0 Å². The number of rotatable bonds is 5. The van der Waals surface area contributed by atoms with Crippen LogP contribution in [-0.4, -0.2) is 35.2 Å². The van der Waals surface area contributed by atoms with Gasteiger partial charge in [-0.3, -0.25) is 9.98 Å². The number of hydrogen-bond acceptors (Lipinski definition) is 4. The van der Waals surface area contributed by atoms with Gasteiger partial charge in [0.1, 0.15) is 23.1 Å². The highest BCUT2D eigenvalue weighted by Crippen LogP contribution is 2.16. The fourth-order valence-corrected chi connectivity index (χ4v) is 1.82. The first-order chi connectivity index (χ1) is 11.0. The van der Waals surface area contributed by atoms with Crippen LogP contribution in [0.25, 0.3) is 0 Å². The molecule has 1 atom stereocenters. The average molecular weight is 318 g/mol. The minimum atomic E-state index is -0.462. The van der Waals surface area contributed by atoms with Crippen molar-refractivity contribution >= 4 is 12.4 Å². The summed E-state index contributed by atoms with van der Waals surface area (Å²) in [5, 5.41) is 19.1. The molecule has 0 aliphatic heterocycles. The van der Waals surface area contributed by atoms with E-state index in [1.165, 1.54) is 36.7 Å². The van der Waals surface area contributed by atoms with Gasteiger partial charge in [0.15, 0.2) is 0 Å². The summed E-state index contributed by atoms with van der Waals surface area (Å²) in [6.45, 7) is 2.08. The SMILES string of the molecule is CC(CN=Cc1cc(F)ccc1O)N=Cc1cc(F)ccc1O. The van der Waals surface area contributed by atoms with Crippen LogP contribution in [0.2, 0.25) is 0 Å². The summed E-state index contributed by atoms with van der Waals surface area (Å²) in [6.07, 6.45) is 2.74. The van der Waals surface area contributed by atoms with Gasteiger partial charge < -0.3 is 10.2 Å². The second-order valence-electron chi connectivity index (χ2n) is 5.03. The van der Waals surface area contributed by atoms with Gasteiger partial charge in [0.2, 0.25) is 0 Å². The average Bonchev–Trinajstić information content (AvgIpc) is 2.51. The third-order valence-electron chi connectivity index (χ3n) is 3.05. The topological polar surface area (TPSA) is 65.2 Å². The Morgan fingerprint density at radius 3 is 2.04 bits per heavy atom. The van der Waals surface area contributed by atoms with Crippen LogP contribution in [-0.2, 0) is 0 Å². The molecule has 0 bridgehead atoms. The molecule has 0 aliphatic carbocycles. The Bertz CT molecular complexity index is 745. The van der Waals surface area contributed by atoms with Crippen LogP contribution in [0.1, 0.15) is 18.1 Å². The van der Waals surface area contributed by atoms with Crippen molar-refractivity contribution in [3.8, 4) is 11.5 Å². The van der Waals surface area contributed by atoms with E-state index in [1.807, 2.05) is 0 Å². The first-order valence-electron chi connectivity index (χ1n) is 6.96. The Morgan fingerprint density at radius 2 is 1.48 bits per heavy atom. The molecule has 0 radical (unpaired) electrons. The Morgan fingerprint density at radius 1 is 0.957 bits per heavy atom. The van der Waals surface area contributed by atoms with Crippen molar-refractivity contribution in [2.75, 3.05) is 6.54 Å². The van der Waals surface area contributed by atoms with Crippen LogP contribution in [0, 0.1) is 11.6 Å². The second kappa shape index (κ2) is 7.49. The molecule has 0 amide bonds. The first-order valence-corrected chi connectivity index (χ1v) is 6.96. The molecule has 0 saturated carbocycles. The Balaban J connectivity index is 1.98. The van der Waals surface area contributed by atoms with Crippen LogP contribution in [0.5, 0.6) is 11.5 Å². The fraction of sp³-hybridized carbons (Fsp3) is 0.176. The highest BCUT2D eigenvalue weighted by atomic mass is 19.1. The van der Waals surface area contributed by atoms with Crippen LogP contribution in [0.15, 0.2) is 46.4 Å². The number of aliphatic imine (C=N–C) groups is 2. The van der Waals surface area contributed by atoms with Gasteiger partial charge in [-0.2, -0.15) is 0 Å². The van der Waals surface area contributed by atoms with Gasteiger partial charge in [-0.15, -0.1) is 0 Å². The van der Waals surface area contributed by atoms with E-state index < -0.39 is 11.6 Å². The van der Waals surface area contributed by atoms with Gasteiger partial charge in [0.05, 0.1) is 12.6 Å². The Kier molecular flexibility index (Phi) is 5.41. The zero-order valence-corrected chi connectivity index (χ0v) is 12.4. The number of benzene rings is 2. The van der Waals surface area contributed by atoms with Crippen LogP contribution >= 0.6 is 0 Å². The minimum absolute atomic E-state index is 0.0593. The smallest absolute Gasteiger partial charge is 0.124 e. The highest BCUT2D eigenvalue weighted by molar-refractivity contribution is 5.84. The van der Waals surface area contributed by atoms with Crippen molar-refractivity contribution in [2.45, 2.75) is 13.0 Å². The normalized spacial score (nSPS) is 13.0. The van der Waals surface area contributed by atoms with E-state index in [0.29, 0.717) is 6.54 Å². The number of phenols is 2. The molecular weight excluding hydrogens is 302 g/mol. The highest BCUT2D eigenvalue weighted by Gasteiger charge is 2.02. The van der Waals surface area contributed by atoms with Crippen molar-refractivity contribution in [3.05, 3.63) is 59.2 Å². The van der Waals surface area contributed by atoms with Crippen LogP contribution < -0.4 is 0 Å². The van der Waals surface area contributed by atoms with Gasteiger partial charge >= 0.3 is 0 Å². The maximum Gasteiger partial charge on any atom is 0.124 e. The number of hydrogen-bond donors (Lipinski definition) is 2. The molecule has 2 rings (SSSR count). The summed E-state index contributed by atoms with van der Waals surface area (Å²) < 4.78 is 26.1. The Labute approximate surface area is 132 Å². The molecule has 2 aromatic rings. The molecule has 0 saturated heterocycles. The molecule has 0 spiro atoms. The standard InChI is InChI=1S/C17H16F2N2O2/c1-11(21-10-13-7-15(19)3-5-17(13)23)8-20-9-12-6-14(18)2-4-16(12)22/h2-7,9-11,22-23H,8H2,1H3. The lowest BCUT2D eigenvalue weighted by Gasteiger charge is -2.03. The summed E-state index contributed by atoms with van der Waals surface area (Å²) in [4.78, 5) is 8.26. The molecule has 120 valence electrons. The maximum absolute atomic E-state index is 13.1. The van der Waals surface area contributed by atoms with Crippen molar-refractivity contribution in [1.29, 1.82) is 0 Å². The summed E-state index contributed by atoms with van der Waals surface area (Å²) in [7, 11) is 0. The number of phenolic OH excluding ortho intramolecular Hbond substituents is 2. The lowest BCUT2D eigenvalue weighted by Crippen LogP contribution is -2.04. The van der Waals surface area contributed by atoms with E-state index in [4.69, 9.17) is 0 Å². The summed E-state index contributed by atoms with van der Waals surface area (Å²) >= 11 is 0. The predicted octanol–water partition coefficient (Wildman–Crippen LogP) is 3.30. The molecule has 0 fully saturated rings. The van der Waals surface area contributed by atoms with Crippen molar-refractivity contribution < 1.29 is 19.0 Å². The van der Waals surface area contributed by atoms with E-state index in [0.717, 1.165) is 12.1 Å². The second-order valence-corrected chi connectivity index (χ2v) is 5.03. The molecule has 2 aromatic carbocycles. The van der Waals surface area contributed by atoms with Gasteiger partial charge in [-0.05, 0) is 43.3 Å². The molecule has 2 N–H and O–H groups in total. The predicted molar refractivity (Wildman–Crippen MR) is 85.6 cm³/mol. The summed E-state index contributed by atoms with van der Waals surface area (Å²) in [5.41, 5.74) is 0.563. The molecule has 6 heteroatoms. The van der Waals surface area contributed by atoms with Crippen LogP contribution in [0.4, 0.5) is 8.78 Å². The number of halogens is 2. The Hall–Kier alpha value is -2.76. The fourth-order valence-electron chi connectivity index (χ4n) is 1.82. The van der Waals surface area contributed by atoms with E-state index >= 15 is 0 Å². The third-order valence-corrected chi connectivity index (χ3v) is 3.05. The lowest BCUT2D eigenvalue weighted by molar-refractivity contribution is 0.471. The summed E-state index contributed by atoms with van der Waals surface area (Å²) in [5.74, 6) is -1.04. The molecule has 0 aromatic heterocycles. The van der Waals surface area contributed by atoms with Gasteiger partial charge in [-0.1, -0.05) is 0 Å². The monoisotopic (exact) mass is 318 g/mol. The zero-order valence-electron chi connectivity index (χ0n) is 12.4. The lowest BCUT2D eigenvalue weighted by atomic mass is 10.2.